The number of H-pyrrole nitrogens is 1. The van der Waals surface area contributed by atoms with Crippen molar-refractivity contribution in [1.29, 1.82) is 0 Å². The molecule has 3 heterocycles. The molecule has 1 aromatic carbocycles. The van der Waals surface area contributed by atoms with E-state index in [1.807, 2.05) is 24.3 Å². The van der Waals surface area contributed by atoms with Crippen molar-refractivity contribution in [2.24, 2.45) is 0 Å². The minimum Gasteiger partial charge on any atom is -0.360 e. The predicted octanol–water partition coefficient (Wildman–Crippen LogP) is 1.78. The van der Waals surface area contributed by atoms with Crippen molar-refractivity contribution in [2.45, 2.75) is 11.7 Å². The van der Waals surface area contributed by atoms with Gasteiger partial charge in [0.1, 0.15) is 10.4 Å². The van der Waals surface area contributed by atoms with Gasteiger partial charge in [0.15, 0.2) is 11.5 Å². The molecule has 9 nitrogen and oxygen atoms in total. The standard InChI is InChI=1S/C14H12BrN7O2S/c1-25(23,24)14-20-12(13-17-6-10(15)22(13)21-14)16-7-11-18-8-4-2-3-5-9(8)19-11/h2-6H,7H2,1H3,(H,18,19)(H,16,20,21). The molecule has 128 valence electrons. The number of benzene rings is 1. The topological polar surface area (TPSA) is 118 Å². The number of anilines is 1. The summed E-state index contributed by atoms with van der Waals surface area (Å²) in [5, 5.41) is 6.79. The van der Waals surface area contributed by atoms with Gasteiger partial charge in [0.05, 0.1) is 23.8 Å². The third-order valence-corrected chi connectivity index (χ3v) is 4.87. The maximum Gasteiger partial charge on any atom is 0.267 e. The van der Waals surface area contributed by atoms with Gasteiger partial charge in [-0.2, -0.15) is 4.98 Å². The molecular weight excluding hydrogens is 410 g/mol. The number of nitrogens with one attached hydrogen (secondary N) is 2. The van der Waals surface area contributed by atoms with Crippen molar-refractivity contribution in [3.8, 4) is 0 Å². The minimum absolute atomic E-state index is 0.286. The fraction of sp³-hybridized carbons (Fsp3) is 0.143. The third-order valence-electron chi connectivity index (χ3n) is 3.49. The lowest BCUT2D eigenvalue weighted by atomic mass is 10.3. The van der Waals surface area contributed by atoms with E-state index in [0.717, 1.165) is 17.3 Å². The van der Waals surface area contributed by atoms with Crippen LogP contribution in [0.3, 0.4) is 0 Å². The number of hydrogen-bond donors (Lipinski definition) is 2. The van der Waals surface area contributed by atoms with E-state index in [-0.39, 0.29) is 5.16 Å². The lowest BCUT2D eigenvalue weighted by Gasteiger charge is -2.07. The quantitative estimate of drug-likeness (QED) is 0.515. The Morgan fingerprint density at radius 1 is 1.28 bits per heavy atom. The van der Waals surface area contributed by atoms with E-state index < -0.39 is 9.84 Å². The first-order valence-corrected chi connectivity index (χ1v) is 9.89. The van der Waals surface area contributed by atoms with E-state index in [4.69, 9.17) is 0 Å². The van der Waals surface area contributed by atoms with Crippen LogP contribution in [0.25, 0.3) is 16.7 Å². The number of imidazole rings is 2. The number of nitrogens with zero attached hydrogens (tertiary/aromatic N) is 5. The molecule has 0 saturated carbocycles. The molecule has 4 rings (SSSR count). The highest BCUT2D eigenvalue weighted by atomic mass is 79.9. The number of aromatic amines is 1. The zero-order chi connectivity index (χ0) is 17.6. The van der Waals surface area contributed by atoms with Crippen molar-refractivity contribution >= 4 is 48.3 Å². The lowest BCUT2D eigenvalue weighted by molar-refractivity contribution is 0.587. The Hall–Kier alpha value is -2.53. The summed E-state index contributed by atoms with van der Waals surface area (Å²) in [5.41, 5.74) is 2.19. The second-order valence-corrected chi connectivity index (χ2v) is 8.11. The van der Waals surface area contributed by atoms with Crippen LogP contribution in [-0.2, 0) is 16.4 Å². The van der Waals surface area contributed by atoms with E-state index in [2.05, 4.69) is 46.3 Å². The molecule has 0 aliphatic heterocycles. The van der Waals surface area contributed by atoms with E-state index >= 15 is 0 Å². The Labute approximate surface area is 150 Å². The van der Waals surface area contributed by atoms with Crippen molar-refractivity contribution in [3.63, 3.8) is 0 Å². The Balaban J connectivity index is 1.72. The summed E-state index contributed by atoms with van der Waals surface area (Å²) in [6.45, 7) is 0.328. The molecule has 0 radical (unpaired) electrons. The molecule has 25 heavy (non-hydrogen) atoms. The number of aromatic nitrogens is 6. The molecule has 0 unspecified atom stereocenters. The summed E-state index contributed by atoms with van der Waals surface area (Å²) >= 11 is 3.29. The number of sulfone groups is 1. The van der Waals surface area contributed by atoms with Gasteiger partial charge in [-0.25, -0.2) is 22.9 Å². The number of hydrogen-bond acceptors (Lipinski definition) is 7. The maximum atomic E-state index is 11.8. The molecule has 0 amide bonds. The number of para-hydroxylation sites is 2. The Morgan fingerprint density at radius 2 is 2.08 bits per heavy atom. The largest absolute Gasteiger partial charge is 0.360 e. The SMILES string of the molecule is CS(=O)(=O)c1nc(NCc2nc3ccccc3[nH]2)c2ncc(Br)n2n1. The normalized spacial score (nSPS) is 12.1. The van der Waals surface area contributed by atoms with Crippen LogP contribution in [0.4, 0.5) is 5.82 Å². The fourth-order valence-corrected chi connectivity index (χ4v) is 3.20. The monoisotopic (exact) mass is 421 g/mol. The molecule has 0 saturated heterocycles. The Morgan fingerprint density at radius 3 is 2.84 bits per heavy atom. The summed E-state index contributed by atoms with van der Waals surface area (Å²) < 4.78 is 25.6. The van der Waals surface area contributed by atoms with E-state index in [0.29, 0.717) is 28.4 Å². The van der Waals surface area contributed by atoms with Gasteiger partial charge in [-0.05, 0) is 28.1 Å². The Bertz CT molecular complexity index is 1170. The Kier molecular flexibility index (Phi) is 3.69. The molecule has 0 fully saturated rings. The highest BCUT2D eigenvalue weighted by Crippen LogP contribution is 2.20. The third kappa shape index (κ3) is 2.96. The maximum absolute atomic E-state index is 11.8. The van der Waals surface area contributed by atoms with Gasteiger partial charge < -0.3 is 10.3 Å². The zero-order valence-corrected chi connectivity index (χ0v) is 15.3. The second-order valence-electron chi connectivity index (χ2n) is 5.39. The van der Waals surface area contributed by atoms with E-state index in [9.17, 15) is 8.42 Å². The minimum atomic E-state index is -3.57. The summed E-state index contributed by atoms with van der Waals surface area (Å²) in [6, 6.07) is 7.68. The molecule has 4 aromatic rings. The van der Waals surface area contributed by atoms with Gasteiger partial charge in [-0.15, -0.1) is 5.10 Å². The first kappa shape index (κ1) is 16.0. The van der Waals surface area contributed by atoms with Gasteiger partial charge >= 0.3 is 0 Å². The molecule has 3 aromatic heterocycles. The van der Waals surface area contributed by atoms with Crippen LogP contribution >= 0.6 is 15.9 Å². The van der Waals surface area contributed by atoms with Gasteiger partial charge in [0.25, 0.3) is 5.16 Å². The molecule has 2 N–H and O–H groups in total. The molecule has 0 atom stereocenters. The van der Waals surface area contributed by atoms with Crippen LogP contribution in [0.2, 0.25) is 0 Å². The number of rotatable bonds is 4. The van der Waals surface area contributed by atoms with Crippen molar-refractivity contribution in [3.05, 3.63) is 40.9 Å². The summed E-state index contributed by atoms with van der Waals surface area (Å²) in [5.74, 6) is 1.01. The van der Waals surface area contributed by atoms with Gasteiger partial charge in [-0.3, -0.25) is 0 Å². The zero-order valence-electron chi connectivity index (χ0n) is 12.9. The van der Waals surface area contributed by atoms with E-state index in [1.165, 1.54) is 10.7 Å². The van der Waals surface area contributed by atoms with E-state index in [1.54, 1.807) is 0 Å². The smallest absolute Gasteiger partial charge is 0.267 e. The van der Waals surface area contributed by atoms with Crippen LogP contribution in [0.1, 0.15) is 5.82 Å². The fourth-order valence-electron chi connectivity index (χ4n) is 2.37. The summed E-state index contributed by atoms with van der Waals surface area (Å²) in [6.07, 6.45) is 2.59. The van der Waals surface area contributed by atoms with Crippen LogP contribution in [0, 0.1) is 0 Å². The second kappa shape index (κ2) is 5.77. The molecule has 0 aliphatic rings. The first-order valence-electron chi connectivity index (χ1n) is 7.20. The highest BCUT2D eigenvalue weighted by Gasteiger charge is 2.18. The van der Waals surface area contributed by atoms with Crippen LogP contribution < -0.4 is 5.32 Å². The van der Waals surface area contributed by atoms with Crippen molar-refractivity contribution in [1.82, 2.24) is 29.5 Å². The molecule has 0 aliphatic carbocycles. The molecule has 0 bridgehead atoms. The summed E-state index contributed by atoms with van der Waals surface area (Å²) in [7, 11) is -3.57. The average Bonchev–Trinajstić information content (AvgIpc) is 3.15. The van der Waals surface area contributed by atoms with Crippen LogP contribution in [0.5, 0.6) is 0 Å². The van der Waals surface area contributed by atoms with Gasteiger partial charge in [-0.1, -0.05) is 12.1 Å². The lowest BCUT2D eigenvalue weighted by Crippen LogP contribution is -2.13. The molecular formula is C14H12BrN7O2S. The highest BCUT2D eigenvalue weighted by molar-refractivity contribution is 9.10. The predicted molar refractivity (Wildman–Crippen MR) is 95.0 cm³/mol. The van der Waals surface area contributed by atoms with Crippen molar-refractivity contribution < 1.29 is 8.42 Å². The molecule has 11 heteroatoms. The van der Waals surface area contributed by atoms with Crippen LogP contribution in [0.15, 0.2) is 40.2 Å². The van der Waals surface area contributed by atoms with Gasteiger partial charge in [0, 0.05) is 6.26 Å². The van der Waals surface area contributed by atoms with Crippen molar-refractivity contribution in [2.75, 3.05) is 11.6 Å². The number of fused-ring (bicyclic) bond motifs is 2. The first-order chi connectivity index (χ1) is 11.9. The molecule has 0 spiro atoms. The van der Waals surface area contributed by atoms with Crippen LogP contribution in [-0.4, -0.2) is 44.2 Å². The number of halogens is 1. The summed E-state index contributed by atoms with van der Waals surface area (Å²) in [4.78, 5) is 16.0. The van der Waals surface area contributed by atoms with Gasteiger partial charge in [0.2, 0.25) is 9.84 Å². The average molecular weight is 422 g/mol.